The lowest BCUT2D eigenvalue weighted by Gasteiger charge is -2.19. The summed E-state index contributed by atoms with van der Waals surface area (Å²) in [7, 11) is 1.28. The Morgan fingerprint density at radius 1 is 0.944 bits per heavy atom. The summed E-state index contributed by atoms with van der Waals surface area (Å²) in [4.78, 5) is 56.7. The molecule has 0 radical (unpaired) electrons. The van der Waals surface area contributed by atoms with Crippen LogP contribution in [0.4, 0.5) is 0 Å². The number of esters is 2. The number of para-hydroxylation sites is 1. The number of carbonyl (C=O) groups is 4. The molecule has 2 heterocycles. The minimum Gasteiger partial charge on any atom is -0.465 e. The normalized spacial score (nSPS) is 19.3. The highest BCUT2D eigenvalue weighted by molar-refractivity contribution is 6.08. The zero-order chi connectivity index (χ0) is 25.2. The number of hydrogen-bond acceptors (Lipinski definition) is 7. The molecule has 8 nitrogen and oxygen atoms in total. The van der Waals surface area contributed by atoms with E-state index in [4.69, 9.17) is 9.47 Å². The van der Waals surface area contributed by atoms with E-state index in [9.17, 15) is 19.2 Å². The Bertz CT molecular complexity index is 1330. The summed E-state index contributed by atoms with van der Waals surface area (Å²) >= 11 is 0. The van der Waals surface area contributed by atoms with E-state index >= 15 is 0 Å². The van der Waals surface area contributed by atoms with Crippen molar-refractivity contribution in [3.63, 3.8) is 0 Å². The molecular formula is C28H26N2O6. The molecule has 2 unspecified atom stereocenters. The fourth-order valence-electron chi connectivity index (χ4n) is 5.30. The molecule has 2 amide bonds. The van der Waals surface area contributed by atoms with Crippen molar-refractivity contribution >= 4 is 34.7 Å². The van der Waals surface area contributed by atoms with Crippen LogP contribution in [0.1, 0.15) is 41.7 Å². The van der Waals surface area contributed by atoms with Crippen molar-refractivity contribution < 1.29 is 28.7 Å². The fourth-order valence-corrected chi connectivity index (χ4v) is 5.30. The number of imide groups is 1. The van der Waals surface area contributed by atoms with Crippen LogP contribution in [-0.4, -0.2) is 47.3 Å². The van der Waals surface area contributed by atoms with E-state index in [1.807, 2.05) is 54.6 Å². The van der Waals surface area contributed by atoms with Crippen molar-refractivity contribution in [2.45, 2.75) is 32.3 Å². The van der Waals surface area contributed by atoms with Crippen molar-refractivity contribution in [3.05, 3.63) is 65.9 Å². The summed E-state index contributed by atoms with van der Waals surface area (Å²) in [6.07, 6.45) is 3.16. The maximum Gasteiger partial charge on any atom is 0.340 e. The Kier molecular flexibility index (Phi) is 6.50. The molecule has 1 aromatic heterocycles. The van der Waals surface area contributed by atoms with E-state index < -0.39 is 18.5 Å². The molecule has 1 aliphatic carbocycles. The Morgan fingerprint density at radius 3 is 2.25 bits per heavy atom. The highest BCUT2D eigenvalue weighted by atomic mass is 16.5. The summed E-state index contributed by atoms with van der Waals surface area (Å²) < 4.78 is 10.5. The average Bonchev–Trinajstić information content (AvgIpc) is 3.16. The largest absolute Gasteiger partial charge is 0.465 e. The maximum absolute atomic E-state index is 12.9. The number of methoxy groups -OCH3 is 1. The first-order valence-corrected chi connectivity index (χ1v) is 12.1. The second kappa shape index (κ2) is 9.89. The molecule has 2 atom stereocenters. The Labute approximate surface area is 208 Å². The highest BCUT2D eigenvalue weighted by Gasteiger charge is 2.48. The van der Waals surface area contributed by atoms with Crippen molar-refractivity contribution in [2.24, 2.45) is 11.8 Å². The molecule has 0 N–H and O–H groups in total. The number of rotatable bonds is 6. The number of hydrogen-bond donors (Lipinski definition) is 0. The second-order valence-corrected chi connectivity index (χ2v) is 9.10. The van der Waals surface area contributed by atoms with Crippen molar-refractivity contribution in [2.75, 3.05) is 13.7 Å². The summed E-state index contributed by atoms with van der Waals surface area (Å²) in [5, 5.41) is 0.759. The third-order valence-electron chi connectivity index (χ3n) is 7.01. The van der Waals surface area contributed by atoms with Crippen LogP contribution in [-0.2, 0) is 30.5 Å². The van der Waals surface area contributed by atoms with Crippen molar-refractivity contribution in [3.8, 4) is 11.1 Å². The maximum atomic E-state index is 12.9. The standard InChI is InChI=1S/C28H26N2O6/c1-35-28(34)25-22(29-21-14-8-7-13-20(21)24(25)17-9-3-2-4-10-17)16-36-23(31)15-30-26(32)18-11-5-6-12-19(18)27(30)33/h2-4,7-10,13-14,18-19H,5-6,11-12,15-16H2,1H3. The van der Waals surface area contributed by atoms with Crippen LogP contribution in [0.15, 0.2) is 54.6 Å². The number of ether oxygens (including phenoxy) is 2. The van der Waals surface area contributed by atoms with Gasteiger partial charge in [-0.1, -0.05) is 61.4 Å². The molecule has 36 heavy (non-hydrogen) atoms. The lowest BCUT2D eigenvalue weighted by molar-refractivity contribution is -0.153. The number of fused-ring (bicyclic) bond motifs is 2. The molecule has 2 aromatic carbocycles. The van der Waals surface area contributed by atoms with Gasteiger partial charge in [0.1, 0.15) is 13.2 Å². The number of pyridine rings is 1. The number of likely N-dealkylation sites (tertiary alicyclic amines) is 1. The van der Waals surface area contributed by atoms with Crippen LogP contribution >= 0.6 is 0 Å². The summed E-state index contributed by atoms with van der Waals surface area (Å²) in [5.74, 6) is -2.60. The van der Waals surface area contributed by atoms with Gasteiger partial charge in [0.05, 0.1) is 35.7 Å². The summed E-state index contributed by atoms with van der Waals surface area (Å²) in [6, 6.07) is 16.8. The Balaban J connectivity index is 1.44. The predicted octanol–water partition coefficient (Wildman–Crippen LogP) is 3.91. The minimum atomic E-state index is -0.734. The van der Waals surface area contributed by atoms with Gasteiger partial charge < -0.3 is 9.47 Å². The van der Waals surface area contributed by atoms with Gasteiger partial charge in [0, 0.05) is 10.9 Å². The van der Waals surface area contributed by atoms with Gasteiger partial charge >= 0.3 is 11.9 Å². The Morgan fingerprint density at radius 2 is 1.58 bits per heavy atom. The van der Waals surface area contributed by atoms with E-state index in [-0.39, 0.29) is 41.5 Å². The van der Waals surface area contributed by atoms with Crippen molar-refractivity contribution in [1.29, 1.82) is 0 Å². The average molecular weight is 487 g/mol. The molecule has 2 aliphatic rings. The third-order valence-corrected chi connectivity index (χ3v) is 7.01. The minimum absolute atomic E-state index is 0.203. The monoisotopic (exact) mass is 486 g/mol. The van der Waals surface area contributed by atoms with E-state index in [0.29, 0.717) is 23.9 Å². The first-order valence-electron chi connectivity index (χ1n) is 12.1. The van der Waals surface area contributed by atoms with Gasteiger partial charge in [-0.3, -0.25) is 19.3 Å². The smallest absolute Gasteiger partial charge is 0.340 e. The number of benzene rings is 2. The predicted molar refractivity (Wildman–Crippen MR) is 130 cm³/mol. The quantitative estimate of drug-likeness (QED) is 0.384. The molecular weight excluding hydrogens is 460 g/mol. The van der Waals surface area contributed by atoms with Crippen molar-refractivity contribution in [1.82, 2.24) is 9.88 Å². The molecule has 2 fully saturated rings. The van der Waals surface area contributed by atoms with Crippen LogP contribution in [0.5, 0.6) is 0 Å². The molecule has 1 aliphatic heterocycles. The van der Waals surface area contributed by atoms with Gasteiger partial charge in [-0.15, -0.1) is 0 Å². The van der Waals surface area contributed by atoms with E-state index in [2.05, 4.69) is 4.98 Å². The van der Waals surface area contributed by atoms with E-state index in [0.717, 1.165) is 28.7 Å². The lowest BCUT2D eigenvalue weighted by atomic mass is 9.81. The van der Waals surface area contributed by atoms with Gasteiger partial charge in [-0.2, -0.15) is 0 Å². The molecule has 3 aromatic rings. The molecule has 5 rings (SSSR count). The van der Waals surface area contributed by atoms with E-state index in [1.165, 1.54) is 7.11 Å². The van der Waals surface area contributed by atoms with Crippen LogP contribution < -0.4 is 0 Å². The number of aromatic nitrogens is 1. The number of carbonyl (C=O) groups excluding carboxylic acids is 4. The second-order valence-electron chi connectivity index (χ2n) is 9.10. The number of nitrogens with zero attached hydrogens (tertiary/aromatic N) is 2. The fraction of sp³-hybridized carbons (Fsp3) is 0.321. The lowest BCUT2D eigenvalue weighted by Crippen LogP contribution is -2.36. The van der Waals surface area contributed by atoms with Gasteiger partial charge in [0.2, 0.25) is 11.8 Å². The molecule has 1 saturated heterocycles. The zero-order valence-electron chi connectivity index (χ0n) is 19.9. The number of amides is 2. The molecule has 0 bridgehead atoms. The first kappa shape index (κ1) is 23.7. The summed E-state index contributed by atoms with van der Waals surface area (Å²) in [6.45, 7) is -0.756. The van der Waals surface area contributed by atoms with Gasteiger partial charge in [-0.25, -0.2) is 9.78 Å². The van der Waals surface area contributed by atoms with E-state index in [1.54, 1.807) is 0 Å². The highest BCUT2D eigenvalue weighted by Crippen LogP contribution is 2.38. The van der Waals surface area contributed by atoms with Gasteiger partial charge in [0.15, 0.2) is 0 Å². The van der Waals surface area contributed by atoms with Crippen LogP contribution in [0.25, 0.3) is 22.0 Å². The van der Waals surface area contributed by atoms with Gasteiger partial charge in [-0.05, 0) is 24.5 Å². The first-order chi connectivity index (χ1) is 17.5. The SMILES string of the molecule is COC(=O)c1c(COC(=O)CN2C(=O)C3CCCCC3C2=O)nc2ccccc2c1-c1ccccc1. The summed E-state index contributed by atoms with van der Waals surface area (Å²) in [5.41, 5.74) is 2.49. The third kappa shape index (κ3) is 4.23. The zero-order valence-corrected chi connectivity index (χ0v) is 19.9. The van der Waals surface area contributed by atoms with Gasteiger partial charge in [0.25, 0.3) is 0 Å². The van der Waals surface area contributed by atoms with Crippen LogP contribution in [0.3, 0.4) is 0 Å². The van der Waals surface area contributed by atoms with Crippen LogP contribution in [0, 0.1) is 11.8 Å². The molecule has 8 heteroatoms. The molecule has 184 valence electrons. The van der Waals surface area contributed by atoms with Crippen LogP contribution in [0.2, 0.25) is 0 Å². The topological polar surface area (TPSA) is 103 Å². The molecule has 1 saturated carbocycles. The Hall–Kier alpha value is -4.07. The molecule has 0 spiro atoms.